The third-order valence-electron chi connectivity index (χ3n) is 5.63. The average molecular weight is 458 g/mol. The van der Waals surface area contributed by atoms with Crippen LogP contribution in [0.1, 0.15) is 12.0 Å². The average Bonchev–Trinajstić information content (AvgIpc) is 3.36. The number of aromatic nitrogens is 1. The number of anilines is 1. The molecule has 4 aromatic rings. The number of nitrogens with zero attached hydrogens (tertiary/aromatic N) is 1. The van der Waals surface area contributed by atoms with Gasteiger partial charge in [0.2, 0.25) is 6.79 Å². The largest absolute Gasteiger partial charge is 0.497 e. The van der Waals surface area contributed by atoms with E-state index >= 15 is 0 Å². The highest BCUT2D eigenvalue weighted by molar-refractivity contribution is 5.91. The molecule has 0 radical (unpaired) electrons. The Morgan fingerprint density at radius 2 is 1.79 bits per heavy atom. The summed E-state index contributed by atoms with van der Waals surface area (Å²) >= 11 is 0. The molecule has 0 unspecified atom stereocenters. The summed E-state index contributed by atoms with van der Waals surface area (Å²) in [7, 11) is 1.64. The molecule has 0 spiro atoms. The maximum Gasteiger partial charge on any atom is 0.231 e. The zero-order chi connectivity index (χ0) is 23.2. The highest BCUT2D eigenvalue weighted by Gasteiger charge is 2.16. The van der Waals surface area contributed by atoms with Crippen LogP contribution >= 0.6 is 0 Å². The van der Waals surface area contributed by atoms with Gasteiger partial charge >= 0.3 is 0 Å². The van der Waals surface area contributed by atoms with Crippen molar-refractivity contribution >= 4 is 16.6 Å². The van der Waals surface area contributed by atoms with E-state index in [0.29, 0.717) is 6.79 Å². The zero-order valence-corrected chi connectivity index (χ0v) is 19.0. The first-order valence-corrected chi connectivity index (χ1v) is 11.3. The monoisotopic (exact) mass is 457 g/mol. The number of hydrogen-bond donors (Lipinski definition) is 2. The summed E-state index contributed by atoms with van der Waals surface area (Å²) in [6.07, 6.45) is 2.80. The normalized spacial score (nSPS) is 12.0. The number of para-hydroxylation sites is 1. The SMILES string of the molecule is COc1cccc(Oc2ccc3c(NCCCNCc4cccc5c4OCO5)ccnc3c2)c1. The molecule has 7 nitrogen and oxygen atoms in total. The smallest absolute Gasteiger partial charge is 0.231 e. The summed E-state index contributed by atoms with van der Waals surface area (Å²) in [5, 5.41) is 8.07. The van der Waals surface area contributed by atoms with E-state index in [1.54, 1.807) is 7.11 Å². The molecule has 2 heterocycles. The van der Waals surface area contributed by atoms with E-state index in [2.05, 4.69) is 21.7 Å². The van der Waals surface area contributed by atoms with Crippen molar-refractivity contribution in [2.75, 3.05) is 32.3 Å². The zero-order valence-electron chi connectivity index (χ0n) is 19.0. The van der Waals surface area contributed by atoms with Gasteiger partial charge in [-0.15, -0.1) is 0 Å². The first kappa shape index (κ1) is 21.9. The van der Waals surface area contributed by atoms with Gasteiger partial charge in [-0.1, -0.05) is 18.2 Å². The van der Waals surface area contributed by atoms with Crippen LogP contribution in [0.2, 0.25) is 0 Å². The second-order valence-corrected chi connectivity index (χ2v) is 7.93. The number of benzene rings is 3. The molecule has 5 rings (SSSR count). The molecule has 0 aliphatic carbocycles. The molecule has 3 aromatic carbocycles. The first-order chi connectivity index (χ1) is 16.8. The van der Waals surface area contributed by atoms with Crippen molar-refractivity contribution in [2.45, 2.75) is 13.0 Å². The number of hydrogen-bond acceptors (Lipinski definition) is 7. The van der Waals surface area contributed by atoms with Crippen molar-refractivity contribution < 1.29 is 18.9 Å². The first-order valence-electron chi connectivity index (χ1n) is 11.3. The van der Waals surface area contributed by atoms with Crippen molar-refractivity contribution in [3.8, 4) is 28.7 Å². The fraction of sp³-hybridized carbons (Fsp3) is 0.222. The third-order valence-corrected chi connectivity index (χ3v) is 5.63. The summed E-state index contributed by atoms with van der Waals surface area (Å²) in [6, 6.07) is 21.5. The molecule has 2 N–H and O–H groups in total. The van der Waals surface area contributed by atoms with Crippen LogP contribution in [-0.4, -0.2) is 32.0 Å². The lowest BCUT2D eigenvalue weighted by atomic mass is 10.1. The standard InChI is InChI=1S/C27H27N3O4/c1-31-20-6-3-7-21(15-20)34-22-9-10-23-24(11-14-30-25(23)16-22)29-13-4-12-28-17-19-5-2-8-26-27(19)33-18-32-26/h2-3,5-11,14-16,28H,4,12-13,17-18H2,1H3,(H,29,30). The summed E-state index contributed by atoms with van der Waals surface area (Å²) in [5.41, 5.74) is 3.06. The van der Waals surface area contributed by atoms with E-state index in [9.17, 15) is 0 Å². The molecule has 0 saturated heterocycles. The fourth-order valence-electron chi connectivity index (χ4n) is 3.94. The van der Waals surface area contributed by atoms with Crippen molar-refractivity contribution in [2.24, 2.45) is 0 Å². The van der Waals surface area contributed by atoms with Crippen molar-refractivity contribution in [3.63, 3.8) is 0 Å². The van der Waals surface area contributed by atoms with Crippen LogP contribution < -0.4 is 29.6 Å². The predicted octanol–water partition coefficient (Wildman–Crippen LogP) is 5.36. The lowest BCUT2D eigenvalue weighted by Gasteiger charge is -2.12. The van der Waals surface area contributed by atoms with Gasteiger partial charge in [0.15, 0.2) is 11.5 Å². The minimum absolute atomic E-state index is 0.296. The lowest BCUT2D eigenvalue weighted by molar-refractivity contribution is 0.173. The summed E-state index contributed by atoms with van der Waals surface area (Å²) in [4.78, 5) is 4.52. The Labute approximate surface area is 198 Å². The molecule has 0 fully saturated rings. The van der Waals surface area contributed by atoms with Gasteiger partial charge < -0.3 is 29.6 Å². The van der Waals surface area contributed by atoms with Crippen LogP contribution in [0.25, 0.3) is 10.9 Å². The van der Waals surface area contributed by atoms with E-state index < -0.39 is 0 Å². The summed E-state index contributed by atoms with van der Waals surface area (Å²) in [5.74, 6) is 3.89. The van der Waals surface area contributed by atoms with E-state index in [1.165, 1.54) is 0 Å². The molecule has 34 heavy (non-hydrogen) atoms. The Balaban J connectivity index is 1.14. The van der Waals surface area contributed by atoms with Crippen LogP contribution in [0.15, 0.2) is 72.9 Å². The number of pyridine rings is 1. The minimum atomic E-state index is 0.296. The lowest BCUT2D eigenvalue weighted by Crippen LogP contribution is -2.18. The van der Waals surface area contributed by atoms with E-state index in [-0.39, 0.29) is 0 Å². The Kier molecular flexibility index (Phi) is 6.63. The molecule has 0 saturated carbocycles. The summed E-state index contributed by atoms with van der Waals surface area (Å²) < 4.78 is 22.3. The summed E-state index contributed by atoms with van der Waals surface area (Å²) in [6.45, 7) is 2.78. The second kappa shape index (κ2) is 10.3. The molecular formula is C27H27N3O4. The van der Waals surface area contributed by atoms with Crippen LogP contribution in [0.3, 0.4) is 0 Å². The number of rotatable bonds is 10. The van der Waals surface area contributed by atoms with Crippen LogP contribution in [0, 0.1) is 0 Å². The van der Waals surface area contributed by atoms with E-state index in [4.69, 9.17) is 18.9 Å². The Morgan fingerprint density at radius 3 is 2.74 bits per heavy atom. The molecule has 0 bridgehead atoms. The van der Waals surface area contributed by atoms with Crippen molar-refractivity contribution in [1.29, 1.82) is 0 Å². The molecule has 1 aliphatic rings. The highest BCUT2D eigenvalue weighted by Crippen LogP contribution is 2.35. The maximum atomic E-state index is 5.99. The molecule has 0 atom stereocenters. The molecule has 0 amide bonds. The third kappa shape index (κ3) is 5.00. The predicted molar refractivity (Wildman–Crippen MR) is 132 cm³/mol. The van der Waals surface area contributed by atoms with Crippen molar-refractivity contribution in [1.82, 2.24) is 10.3 Å². The second-order valence-electron chi connectivity index (χ2n) is 7.93. The van der Waals surface area contributed by atoms with Gasteiger partial charge in [-0.3, -0.25) is 4.98 Å². The van der Waals surface area contributed by atoms with E-state index in [0.717, 1.165) is 77.0 Å². The quantitative estimate of drug-likeness (QED) is 0.311. The van der Waals surface area contributed by atoms with Gasteiger partial charge in [-0.05, 0) is 49.4 Å². The van der Waals surface area contributed by atoms with Gasteiger partial charge in [-0.2, -0.15) is 0 Å². The Hall–Kier alpha value is -3.97. The highest BCUT2D eigenvalue weighted by atomic mass is 16.7. The maximum absolute atomic E-state index is 5.99. The molecule has 7 heteroatoms. The topological polar surface area (TPSA) is 73.9 Å². The number of nitrogens with one attached hydrogen (secondary N) is 2. The number of fused-ring (bicyclic) bond motifs is 2. The molecule has 1 aromatic heterocycles. The Bertz CT molecular complexity index is 1280. The molecule has 1 aliphatic heterocycles. The number of ether oxygens (including phenoxy) is 4. The van der Waals surface area contributed by atoms with Gasteiger partial charge in [0.05, 0.1) is 12.6 Å². The molecule has 174 valence electrons. The molecular weight excluding hydrogens is 430 g/mol. The van der Waals surface area contributed by atoms with Gasteiger partial charge in [0.25, 0.3) is 0 Å². The van der Waals surface area contributed by atoms with Crippen LogP contribution in [0.5, 0.6) is 28.7 Å². The van der Waals surface area contributed by atoms with Gasteiger partial charge in [0, 0.05) is 48.1 Å². The minimum Gasteiger partial charge on any atom is -0.497 e. The van der Waals surface area contributed by atoms with Crippen LogP contribution in [0.4, 0.5) is 5.69 Å². The van der Waals surface area contributed by atoms with Gasteiger partial charge in [0.1, 0.15) is 17.2 Å². The van der Waals surface area contributed by atoms with Crippen molar-refractivity contribution in [3.05, 3.63) is 78.5 Å². The van der Waals surface area contributed by atoms with Crippen LogP contribution in [-0.2, 0) is 6.54 Å². The number of methoxy groups -OCH3 is 1. The van der Waals surface area contributed by atoms with E-state index in [1.807, 2.05) is 66.9 Å². The van der Waals surface area contributed by atoms with Gasteiger partial charge in [-0.25, -0.2) is 0 Å². The fourth-order valence-corrected chi connectivity index (χ4v) is 3.94. The Morgan fingerprint density at radius 1 is 0.912 bits per heavy atom.